The number of para-hydroxylation sites is 1. The van der Waals surface area contributed by atoms with E-state index in [4.69, 9.17) is 0 Å². The maximum absolute atomic E-state index is 13.2. The number of nitrogens with zero attached hydrogens (tertiary/aromatic N) is 4. The van der Waals surface area contributed by atoms with Gasteiger partial charge in [0.1, 0.15) is 5.82 Å². The Hall–Kier alpha value is -3.92. The van der Waals surface area contributed by atoms with Crippen molar-refractivity contribution in [3.8, 4) is 17.1 Å². The molecule has 1 aliphatic heterocycles. The predicted octanol–water partition coefficient (Wildman–Crippen LogP) is 3.81. The summed E-state index contributed by atoms with van der Waals surface area (Å²) in [4.78, 5) is 35.4. The first-order valence-electron chi connectivity index (χ1n) is 11.5. The number of nitrogens with one attached hydrogen (secondary N) is 1. The molecule has 0 amide bonds. The Morgan fingerprint density at radius 1 is 1.03 bits per heavy atom. The molecule has 0 aliphatic carbocycles. The standard InChI is InChI=1S/C26H24F3N5O2/c1-16-20(25(36)34(32(16)2)19-6-4-3-5-7-19)14-33-13-12-22-21(15-33)24(35)31-23(30-22)17-8-10-18(11-9-17)26(27,28)29/h3-11H,12-15H2,1-2H3,(H,30,31,35). The number of hydrogen-bond donors (Lipinski definition) is 1. The molecule has 0 radical (unpaired) electrons. The fraction of sp³-hybridized carbons (Fsp3) is 0.269. The first-order chi connectivity index (χ1) is 17.1. The van der Waals surface area contributed by atoms with Crippen molar-refractivity contribution in [3.63, 3.8) is 0 Å². The quantitative estimate of drug-likeness (QED) is 0.467. The molecule has 0 saturated carbocycles. The average Bonchev–Trinajstić information content (AvgIpc) is 3.07. The monoisotopic (exact) mass is 495 g/mol. The van der Waals surface area contributed by atoms with Gasteiger partial charge in [-0.2, -0.15) is 13.2 Å². The zero-order valence-electron chi connectivity index (χ0n) is 19.8. The van der Waals surface area contributed by atoms with Gasteiger partial charge in [0.2, 0.25) is 0 Å². The lowest BCUT2D eigenvalue weighted by atomic mass is 10.0. The topological polar surface area (TPSA) is 75.9 Å². The molecule has 2 aromatic carbocycles. The van der Waals surface area contributed by atoms with Crippen molar-refractivity contribution in [2.75, 3.05) is 6.54 Å². The molecule has 3 heterocycles. The number of fused-ring (bicyclic) bond motifs is 1. The maximum Gasteiger partial charge on any atom is 0.416 e. The lowest BCUT2D eigenvalue weighted by Crippen LogP contribution is -2.36. The largest absolute Gasteiger partial charge is 0.416 e. The highest BCUT2D eigenvalue weighted by molar-refractivity contribution is 5.56. The first kappa shape index (κ1) is 23.8. The minimum Gasteiger partial charge on any atom is -0.306 e. The van der Waals surface area contributed by atoms with Crippen LogP contribution in [0.5, 0.6) is 0 Å². The predicted molar refractivity (Wildman–Crippen MR) is 129 cm³/mol. The van der Waals surface area contributed by atoms with Crippen molar-refractivity contribution in [2.24, 2.45) is 7.05 Å². The smallest absolute Gasteiger partial charge is 0.306 e. The molecule has 1 N–H and O–H groups in total. The number of halogens is 3. The molecule has 10 heteroatoms. The molecule has 0 atom stereocenters. The SMILES string of the molecule is Cc1c(CN2CCc3nc(-c4ccc(C(F)(F)F)cc4)[nH]c(=O)c3C2)c(=O)n(-c2ccccc2)n1C. The van der Waals surface area contributed by atoms with Gasteiger partial charge in [0, 0.05) is 44.4 Å². The summed E-state index contributed by atoms with van der Waals surface area (Å²) in [5.41, 5.74) is 2.64. The lowest BCUT2D eigenvalue weighted by Gasteiger charge is -2.27. The molecule has 5 rings (SSSR count). The van der Waals surface area contributed by atoms with Crippen LogP contribution in [0.25, 0.3) is 17.1 Å². The summed E-state index contributed by atoms with van der Waals surface area (Å²) in [6, 6.07) is 14.0. The third kappa shape index (κ3) is 4.28. The Balaban J connectivity index is 1.39. The summed E-state index contributed by atoms with van der Waals surface area (Å²) in [7, 11) is 1.84. The van der Waals surface area contributed by atoms with Crippen molar-refractivity contribution in [2.45, 2.75) is 32.6 Å². The van der Waals surface area contributed by atoms with E-state index in [-0.39, 0.29) is 16.9 Å². The van der Waals surface area contributed by atoms with Gasteiger partial charge in [0.25, 0.3) is 11.1 Å². The Morgan fingerprint density at radius 2 is 1.72 bits per heavy atom. The molecule has 2 aromatic heterocycles. The molecule has 0 saturated heterocycles. The van der Waals surface area contributed by atoms with Crippen LogP contribution < -0.4 is 11.1 Å². The molecule has 1 aliphatic rings. The molecule has 0 fully saturated rings. The molecule has 0 bridgehead atoms. The second-order valence-corrected chi connectivity index (χ2v) is 8.92. The van der Waals surface area contributed by atoms with Crippen LogP contribution in [0.15, 0.2) is 64.2 Å². The fourth-order valence-electron chi connectivity index (χ4n) is 4.60. The Labute approximate surface area is 204 Å². The Morgan fingerprint density at radius 3 is 2.39 bits per heavy atom. The molecule has 186 valence electrons. The van der Waals surface area contributed by atoms with Crippen LogP contribution in [0.4, 0.5) is 13.2 Å². The van der Waals surface area contributed by atoms with Gasteiger partial charge < -0.3 is 4.98 Å². The van der Waals surface area contributed by atoms with Gasteiger partial charge in [-0.15, -0.1) is 0 Å². The fourth-order valence-corrected chi connectivity index (χ4v) is 4.60. The van der Waals surface area contributed by atoms with Crippen LogP contribution in [0.2, 0.25) is 0 Å². The second kappa shape index (κ2) is 8.94. The molecular formula is C26H24F3N5O2. The second-order valence-electron chi connectivity index (χ2n) is 8.92. The van der Waals surface area contributed by atoms with Crippen LogP contribution in [0.1, 0.15) is 28.1 Å². The van der Waals surface area contributed by atoms with Crippen LogP contribution in [-0.4, -0.2) is 30.8 Å². The summed E-state index contributed by atoms with van der Waals surface area (Å²) >= 11 is 0. The zero-order valence-corrected chi connectivity index (χ0v) is 19.8. The average molecular weight is 496 g/mol. The Kier molecular flexibility index (Phi) is 5.91. The number of aromatic amines is 1. The van der Waals surface area contributed by atoms with E-state index in [1.165, 1.54) is 12.1 Å². The molecule has 0 unspecified atom stereocenters. The first-order valence-corrected chi connectivity index (χ1v) is 11.5. The highest BCUT2D eigenvalue weighted by Crippen LogP contribution is 2.30. The van der Waals surface area contributed by atoms with Crippen LogP contribution in [0, 0.1) is 6.92 Å². The van der Waals surface area contributed by atoms with Crippen LogP contribution in [0.3, 0.4) is 0 Å². The molecule has 7 nitrogen and oxygen atoms in total. The summed E-state index contributed by atoms with van der Waals surface area (Å²) in [6.45, 7) is 3.20. The van der Waals surface area contributed by atoms with E-state index >= 15 is 0 Å². The summed E-state index contributed by atoms with van der Waals surface area (Å²) < 4.78 is 42.1. The van der Waals surface area contributed by atoms with Gasteiger partial charge >= 0.3 is 6.18 Å². The molecule has 36 heavy (non-hydrogen) atoms. The van der Waals surface area contributed by atoms with Crippen molar-refractivity contribution >= 4 is 0 Å². The number of benzene rings is 2. The summed E-state index contributed by atoms with van der Waals surface area (Å²) in [5, 5.41) is 0. The van der Waals surface area contributed by atoms with E-state index in [0.29, 0.717) is 48.4 Å². The van der Waals surface area contributed by atoms with E-state index in [1.54, 1.807) is 4.68 Å². The summed E-state index contributed by atoms with van der Waals surface area (Å²) in [6.07, 6.45) is -3.94. The number of H-pyrrole nitrogens is 1. The van der Waals surface area contributed by atoms with E-state index in [9.17, 15) is 22.8 Å². The zero-order chi connectivity index (χ0) is 25.6. The minimum atomic E-state index is -4.43. The van der Waals surface area contributed by atoms with Crippen LogP contribution >= 0.6 is 0 Å². The van der Waals surface area contributed by atoms with Gasteiger partial charge in [-0.1, -0.05) is 30.3 Å². The lowest BCUT2D eigenvalue weighted by molar-refractivity contribution is -0.137. The number of alkyl halides is 3. The molecular weight excluding hydrogens is 471 g/mol. The summed E-state index contributed by atoms with van der Waals surface area (Å²) in [5.74, 6) is 0.241. The van der Waals surface area contributed by atoms with Crippen molar-refractivity contribution < 1.29 is 13.2 Å². The number of aromatic nitrogens is 4. The van der Waals surface area contributed by atoms with Gasteiger partial charge in [-0.25, -0.2) is 9.67 Å². The highest BCUT2D eigenvalue weighted by atomic mass is 19.4. The number of rotatable bonds is 4. The van der Waals surface area contributed by atoms with Gasteiger partial charge in [0.15, 0.2) is 0 Å². The third-order valence-corrected chi connectivity index (χ3v) is 6.69. The molecule has 0 spiro atoms. The van der Waals surface area contributed by atoms with E-state index < -0.39 is 11.7 Å². The van der Waals surface area contributed by atoms with Crippen LogP contribution in [-0.2, 0) is 32.7 Å². The normalized spacial score (nSPS) is 14.1. The van der Waals surface area contributed by atoms with E-state index in [1.807, 2.05) is 53.9 Å². The van der Waals surface area contributed by atoms with Gasteiger partial charge in [0.05, 0.1) is 28.1 Å². The molecule has 4 aromatic rings. The van der Waals surface area contributed by atoms with Crippen molar-refractivity contribution in [1.29, 1.82) is 0 Å². The van der Waals surface area contributed by atoms with E-state index in [2.05, 4.69) is 9.97 Å². The number of hydrogen-bond acceptors (Lipinski definition) is 4. The van der Waals surface area contributed by atoms with Gasteiger partial charge in [-0.3, -0.25) is 19.2 Å². The maximum atomic E-state index is 13.2. The van der Waals surface area contributed by atoms with E-state index in [0.717, 1.165) is 23.5 Å². The minimum absolute atomic E-state index is 0.100. The Bertz CT molecular complexity index is 1530. The third-order valence-electron chi connectivity index (χ3n) is 6.69. The van der Waals surface area contributed by atoms with Crippen molar-refractivity contribution in [1.82, 2.24) is 24.2 Å². The van der Waals surface area contributed by atoms with Crippen molar-refractivity contribution in [3.05, 3.63) is 103 Å². The van der Waals surface area contributed by atoms with Gasteiger partial charge in [-0.05, 0) is 31.2 Å². The highest BCUT2D eigenvalue weighted by Gasteiger charge is 2.30.